The van der Waals surface area contributed by atoms with Crippen molar-refractivity contribution in [2.45, 2.75) is 46.0 Å². The maximum absolute atomic E-state index is 12.3. The summed E-state index contributed by atoms with van der Waals surface area (Å²) in [6.07, 6.45) is 4.64. The van der Waals surface area contributed by atoms with Crippen LogP contribution < -0.4 is 9.47 Å². The van der Waals surface area contributed by atoms with Gasteiger partial charge in [-0.15, -0.1) is 0 Å². The number of rotatable bonds is 5. The van der Waals surface area contributed by atoms with Crippen molar-refractivity contribution in [1.29, 1.82) is 0 Å². The van der Waals surface area contributed by atoms with Crippen molar-refractivity contribution in [3.05, 3.63) is 23.8 Å². The first-order chi connectivity index (χ1) is 9.97. The molecule has 3 nitrogen and oxygen atoms in total. The first kappa shape index (κ1) is 15.9. The molecule has 1 aliphatic carbocycles. The lowest BCUT2D eigenvalue weighted by atomic mass is 9.66. The number of Topliss-reactive ketones (excluding diaryl/α,β-unsaturated/α-hetero) is 1. The Morgan fingerprint density at radius 2 is 2.00 bits per heavy atom. The Bertz CT molecular complexity index is 505. The maximum Gasteiger partial charge on any atom is 0.136 e. The van der Waals surface area contributed by atoms with Crippen LogP contribution in [0, 0.1) is 11.3 Å². The molecule has 1 aliphatic rings. The molecule has 1 saturated carbocycles. The zero-order valence-corrected chi connectivity index (χ0v) is 13.6. The summed E-state index contributed by atoms with van der Waals surface area (Å²) >= 11 is 0. The van der Waals surface area contributed by atoms with Crippen molar-refractivity contribution in [3.8, 4) is 11.5 Å². The summed E-state index contributed by atoms with van der Waals surface area (Å²) in [4.78, 5) is 12.3. The Morgan fingerprint density at radius 3 is 2.62 bits per heavy atom. The van der Waals surface area contributed by atoms with Gasteiger partial charge in [0.05, 0.1) is 14.2 Å². The van der Waals surface area contributed by atoms with E-state index in [2.05, 4.69) is 13.8 Å². The van der Waals surface area contributed by atoms with E-state index in [1.54, 1.807) is 14.2 Å². The lowest BCUT2D eigenvalue weighted by molar-refractivity contribution is -0.129. The topological polar surface area (TPSA) is 35.5 Å². The third-order valence-corrected chi connectivity index (χ3v) is 4.77. The number of ketones is 1. The van der Waals surface area contributed by atoms with Crippen LogP contribution in [0.1, 0.15) is 45.1 Å². The third kappa shape index (κ3) is 3.58. The largest absolute Gasteiger partial charge is 0.497 e. The first-order valence-electron chi connectivity index (χ1n) is 7.71. The smallest absolute Gasteiger partial charge is 0.136 e. The van der Waals surface area contributed by atoms with Gasteiger partial charge in [-0.05, 0) is 54.9 Å². The van der Waals surface area contributed by atoms with E-state index < -0.39 is 0 Å². The molecule has 0 spiro atoms. The van der Waals surface area contributed by atoms with E-state index in [9.17, 15) is 4.79 Å². The number of hydrogen-bond donors (Lipinski definition) is 0. The van der Waals surface area contributed by atoms with E-state index in [0.717, 1.165) is 49.2 Å². The van der Waals surface area contributed by atoms with E-state index in [1.807, 2.05) is 18.2 Å². The molecule has 0 heterocycles. The van der Waals surface area contributed by atoms with Gasteiger partial charge in [-0.1, -0.05) is 13.8 Å². The fourth-order valence-corrected chi connectivity index (χ4v) is 3.43. The van der Waals surface area contributed by atoms with Crippen LogP contribution in [-0.4, -0.2) is 20.0 Å². The van der Waals surface area contributed by atoms with Crippen LogP contribution in [0.5, 0.6) is 11.5 Å². The number of ether oxygens (including phenoxy) is 2. The number of carbonyl (C=O) groups is 1. The molecule has 1 atom stereocenters. The van der Waals surface area contributed by atoms with Gasteiger partial charge in [0.2, 0.25) is 0 Å². The van der Waals surface area contributed by atoms with Crippen LogP contribution in [0.15, 0.2) is 18.2 Å². The van der Waals surface area contributed by atoms with E-state index in [4.69, 9.17) is 9.47 Å². The summed E-state index contributed by atoms with van der Waals surface area (Å²) in [6.45, 7) is 4.44. The van der Waals surface area contributed by atoms with Gasteiger partial charge in [-0.25, -0.2) is 0 Å². The van der Waals surface area contributed by atoms with Crippen molar-refractivity contribution < 1.29 is 14.3 Å². The summed E-state index contributed by atoms with van der Waals surface area (Å²) < 4.78 is 10.7. The van der Waals surface area contributed by atoms with E-state index in [0.29, 0.717) is 5.78 Å². The normalized spacial score (nSPS) is 21.1. The Hall–Kier alpha value is -1.51. The highest BCUT2D eigenvalue weighted by Crippen LogP contribution is 2.41. The molecule has 0 saturated heterocycles. The Labute approximate surface area is 127 Å². The molecule has 1 unspecified atom stereocenters. The van der Waals surface area contributed by atoms with Gasteiger partial charge in [0.15, 0.2) is 0 Å². The number of methoxy groups -OCH3 is 2. The lowest BCUT2D eigenvalue weighted by Crippen LogP contribution is -2.35. The van der Waals surface area contributed by atoms with Gasteiger partial charge in [0, 0.05) is 12.3 Å². The molecule has 1 fully saturated rings. The van der Waals surface area contributed by atoms with Crippen LogP contribution in [-0.2, 0) is 11.2 Å². The van der Waals surface area contributed by atoms with Gasteiger partial charge in [0.1, 0.15) is 17.3 Å². The molecule has 2 rings (SSSR count). The van der Waals surface area contributed by atoms with Gasteiger partial charge in [-0.2, -0.15) is 0 Å². The summed E-state index contributed by atoms with van der Waals surface area (Å²) in [5.41, 5.74) is 1.23. The maximum atomic E-state index is 12.3. The molecule has 0 amide bonds. The minimum absolute atomic E-state index is 0.113. The zero-order valence-electron chi connectivity index (χ0n) is 13.6. The fraction of sp³-hybridized carbons (Fsp3) is 0.611. The lowest BCUT2D eigenvalue weighted by Gasteiger charge is -2.37. The second-order valence-corrected chi connectivity index (χ2v) is 6.58. The average molecular weight is 290 g/mol. The zero-order chi connectivity index (χ0) is 15.5. The first-order valence-corrected chi connectivity index (χ1v) is 7.71. The van der Waals surface area contributed by atoms with Gasteiger partial charge < -0.3 is 9.47 Å². The molecule has 3 heteroatoms. The molecule has 0 N–H and O–H groups in total. The summed E-state index contributed by atoms with van der Waals surface area (Å²) in [6, 6.07) is 5.85. The predicted molar refractivity (Wildman–Crippen MR) is 84.0 cm³/mol. The highest BCUT2D eigenvalue weighted by Gasteiger charge is 2.37. The molecule has 1 aromatic rings. The third-order valence-electron chi connectivity index (χ3n) is 4.77. The van der Waals surface area contributed by atoms with Crippen LogP contribution in [0.3, 0.4) is 0 Å². The minimum atomic E-state index is 0.113. The highest BCUT2D eigenvalue weighted by atomic mass is 16.5. The van der Waals surface area contributed by atoms with E-state index in [-0.39, 0.29) is 11.3 Å². The predicted octanol–water partition coefficient (Wildman–Crippen LogP) is 4.03. The molecule has 1 aromatic carbocycles. The molecule has 0 radical (unpaired) electrons. The van der Waals surface area contributed by atoms with E-state index >= 15 is 0 Å². The summed E-state index contributed by atoms with van der Waals surface area (Å²) in [7, 11) is 3.35. The van der Waals surface area contributed by atoms with Crippen LogP contribution in [0.4, 0.5) is 0 Å². The molecular formula is C18H26O3. The molecular weight excluding hydrogens is 264 g/mol. The van der Waals surface area contributed by atoms with E-state index in [1.165, 1.54) is 0 Å². The van der Waals surface area contributed by atoms with Gasteiger partial charge in [-0.3, -0.25) is 4.79 Å². The quantitative estimate of drug-likeness (QED) is 0.821. The fourth-order valence-electron chi connectivity index (χ4n) is 3.43. The average Bonchev–Trinajstić information content (AvgIpc) is 2.45. The SMILES string of the molecule is COc1ccc(OC)c(CCC2C(=O)CCCC2(C)C)c1. The molecule has 0 aromatic heterocycles. The van der Waals surface area contributed by atoms with Crippen molar-refractivity contribution in [3.63, 3.8) is 0 Å². The second-order valence-electron chi connectivity index (χ2n) is 6.58. The minimum Gasteiger partial charge on any atom is -0.497 e. The number of carbonyl (C=O) groups excluding carboxylic acids is 1. The number of benzene rings is 1. The van der Waals surface area contributed by atoms with Crippen LogP contribution >= 0.6 is 0 Å². The molecule has 0 aliphatic heterocycles. The number of aryl methyl sites for hydroxylation is 1. The van der Waals surface area contributed by atoms with Gasteiger partial charge in [0.25, 0.3) is 0 Å². The summed E-state index contributed by atoms with van der Waals surface area (Å²) in [5.74, 6) is 2.28. The van der Waals surface area contributed by atoms with Crippen molar-refractivity contribution in [2.75, 3.05) is 14.2 Å². The van der Waals surface area contributed by atoms with Gasteiger partial charge >= 0.3 is 0 Å². The second kappa shape index (κ2) is 6.50. The summed E-state index contributed by atoms with van der Waals surface area (Å²) in [5, 5.41) is 0. The monoisotopic (exact) mass is 290 g/mol. The highest BCUT2D eigenvalue weighted by molar-refractivity contribution is 5.82. The Kier molecular flexibility index (Phi) is 4.92. The van der Waals surface area contributed by atoms with Crippen LogP contribution in [0.25, 0.3) is 0 Å². The molecule has 21 heavy (non-hydrogen) atoms. The number of hydrogen-bond acceptors (Lipinski definition) is 3. The standard InChI is InChI=1S/C18H26O3/c1-18(2)11-5-6-16(19)15(18)9-7-13-12-14(20-3)8-10-17(13)21-4/h8,10,12,15H,5-7,9,11H2,1-4H3. The molecule has 116 valence electrons. The van der Waals surface area contributed by atoms with Crippen molar-refractivity contribution in [1.82, 2.24) is 0 Å². The Balaban J connectivity index is 2.13. The van der Waals surface area contributed by atoms with Crippen molar-refractivity contribution >= 4 is 5.78 Å². The van der Waals surface area contributed by atoms with Crippen LogP contribution in [0.2, 0.25) is 0 Å². The molecule has 0 bridgehead atoms. The Morgan fingerprint density at radius 1 is 1.24 bits per heavy atom. The van der Waals surface area contributed by atoms with Crippen molar-refractivity contribution in [2.24, 2.45) is 11.3 Å².